The minimum atomic E-state index is -3.92. The van der Waals surface area contributed by atoms with Crippen molar-refractivity contribution in [3.05, 3.63) is 59.7 Å². The van der Waals surface area contributed by atoms with Crippen LogP contribution in [0.3, 0.4) is 0 Å². The Morgan fingerprint density at radius 2 is 1.83 bits per heavy atom. The number of fused-ring (bicyclic) bond motifs is 1. The Hall–Kier alpha value is -3.60. The van der Waals surface area contributed by atoms with E-state index in [0.29, 0.717) is 47.9 Å². The third-order valence-corrected chi connectivity index (χ3v) is 7.20. The summed E-state index contributed by atoms with van der Waals surface area (Å²) in [5, 5.41) is 6.98. The maximum absolute atomic E-state index is 13.0. The molecule has 1 unspecified atom stereocenters. The average molecular weight is 499 g/mol. The largest absolute Gasteiger partial charge is 0.486 e. The van der Waals surface area contributed by atoms with Crippen LogP contribution < -0.4 is 19.5 Å². The van der Waals surface area contributed by atoms with Gasteiger partial charge in [-0.2, -0.15) is 4.98 Å². The van der Waals surface area contributed by atoms with E-state index in [1.54, 1.807) is 24.3 Å². The van der Waals surface area contributed by atoms with Gasteiger partial charge in [0.2, 0.25) is 5.89 Å². The molecule has 0 spiro atoms. The lowest BCUT2D eigenvalue weighted by Gasteiger charge is -2.19. The van der Waals surface area contributed by atoms with Gasteiger partial charge in [-0.05, 0) is 49.1 Å². The number of carbonyl (C=O) groups excluding carboxylic acids is 1. The second-order valence-corrected chi connectivity index (χ2v) is 10.6. The van der Waals surface area contributed by atoms with Crippen LogP contribution in [-0.2, 0) is 10.0 Å². The summed E-state index contributed by atoms with van der Waals surface area (Å²) in [6.07, 6.45) is 2.10. The predicted molar refractivity (Wildman–Crippen MR) is 126 cm³/mol. The van der Waals surface area contributed by atoms with Crippen molar-refractivity contribution >= 4 is 21.6 Å². The number of anilines is 1. The minimum Gasteiger partial charge on any atom is -0.486 e. The third-order valence-electron chi connectivity index (χ3n) is 5.82. The topological polar surface area (TPSA) is 133 Å². The molecule has 1 aliphatic carbocycles. The van der Waals surface area contributed by atoms with Crippen molar-refractivity contribution in [3.8, 4) is 11.5 Å². The summed E-state index contributed by atoms with van der Waals surface area (Å²) in [5.41, 5.74) is 0.544. The molecule has 0 saturated heterocycles. The van der Waals surface area contributed by atoms with E-state index in [1.807, 2.05) is 13.8 Å². The van der Waals surface area contributed by atoms with Crippen LogP contribution in [0.4, 0.5) is 5.69 Å². The molecule has 5 rings (SSSR count). The first-order chi connectivity index (χ1) is 16.8. The van der Waals surface area contributed by atoms with Crippen molar-refractivity contribution in [1.82, 2.24) is 15.5 Å². The lowest BCUT2D eigenvalue weighted by Crippen LogP contribution is -2.32. The molecule has 184 valence electrons. The fourth-order valence-corrected chi connectivity index (χ4v) is 4.81. The van der Waals surface area contributed by atoms with Crippen LogP contribution in [-0.4, -0.2) is 37.7 Å². The number of nitrogens with one attached hydrogen (secondary N) is 2. The first-order valence-corrected chi connectivity index (χ1v) is 13.0. The molecule has 1 aromatic heterocycles. The first-order valence-electron chi connectivity index (χ1n) is 11.5. The Balaban J connectivity index is 1.31. The van der Waals surface area contributed by atoms with Crippen LogP contribution in [0.1, 0.15) is 60.7 Å². The molecule has 11 heteroatoms. The number of benzene rings is 2. The second-order valence-electron chi connectivity index (χ2n) is 8.95. The summed E-state index contributed by atoms with van der Waals surface area (Å²) in [6.45, 7) is 4.66. The van der Waals surface area contributed by atoms with Gasteiger partial charge in [0.1, 0.15) is 19.3 Å². The Kier molecular flexibility index (Phi) is 6.10. The van der Waals surface area contributed by atoms with Crippen molar-refractivity contribution in [2.24, 2.45) is 5.92 Å². The lowest BCUT2D eigenvalue weighted by molar-refractivity contribution is 0.0914. The van der Waals surface area contributed by atoms with Gasteiger partial charge in [-0.25, -0.2) is 8.42 Å². The fraction of sp³-hybridized carbons (Fsp3) is 0.375. The van der Waals surface area contributed by atoms with Gasteiger partial charge in [0.05, 0.1) is 4.90 Å². The zero-order chi connectivity index (χ0) is 24.6. The summed E-state index contributed by atoms with van der Waals surface area (Å²) in [4.78, 5) is 17.5. The highest BCUT2D eigenvalue weighted by atomic mass is 32.2. The standard InChI is InChI=1S/C24H26N4O6S/c1-14(2)21(24-26-22(27-34-24)15-6-7-15)25-23(29)16-4-3-5-17(12-16)28-35(30,31)18-8-9-19-20(13-18)33-11-10-32-19/h3-5,8-9,12-15,21,28H,6-7,10-11H2,1-2H3,(H,25,29). The molecule has 2 aliphatic rings. The zero-order valence-electron chi connectivity index (χ0n) is 19.4. The summed E-state index contributed by atoms with van der Waals surface area (Å²) in [5.74, 6) is 1.88. The van der Waals surface area contributed by atoms with E-state index < -0.39 is 16.1 Å². The van der Waals surface area contributed by atoms with Gasteiger partial charge in [-0.3, -0.25) is 9.52 Å². The van der Waals surface area contributed by atoms with Crippen LogP contribution in [0.5, 0.6) is 11.5 Å². The number of hydrogen-bond acceptors (Lipinski definition) is 8. The van der Waals surface area contributed by atoms with Gasteiger partial charge in [0.25, 0.3) is 15.9 Å². The van der Waals surface area contributed by atoms with Crippen LogP contribution in [0, 0.1) is 5.92 Å². The molecule has 1 fully saturated rings. The van der Waals surface area contributed by atoms with E-state index in [0.717, 1.165) is 12.8 Å². The third kappa shape index (κ3) is 5.09. The maximum atomic E-state index is 13.0. The Morgan fingerprint density at radius 1 is 1.06 bits per heavy atom. The molecule has 1 atom stereocenters. The molecular formula is C24H26N4O6S. The van der Waals surface area contributed by atoms with Gasteiger partial charge < -0.3 is 19.3 Å². The van der Waals surface area contributed by atoms with E-state index in [-0.39, 0.29) is 22.4 Å². The molecule has 0 bridgehead atoms. The zero-order valence-corrected chi connectivity index (χ0v) is 20.2. The average Bonchev–Trinajstić information content (AvgIpc) is 3.58. The summed E-state index contributed by atoms with van der Waals surface area (Å²) < 4.78 is 44.8. The SMILES string of the molecule is CC(C)C(NC(=O)c1cccc(NS(=O)(=O)c2ccc3c(c2)OCCO3)c1)c1nc(C2CC2)no1. The molecule has 0 radical (unpaired) electrons. The fourth-order valence-electron chi connectivity index (χ4n) is 3.75. The molecule has 10 nitrogen and oxygen atoms in total. The van der Waals surface area contributed by atoms with Crippen LogP contribution in [0.2, 0.25) is 0 Å². The number of ether oxygens (including phenoxy) is 2. The van der Waals surface area contributed by atoms with E-state index in [2.05, 4.69) is 20.2 Å². The molecule has 3 aromatic rings. The van der Waals surface area contributed by atoms with Crippen LogP contribution >= 0.6 is 0 Å². The van der Waals surface area contributed by atoms with Gasteiger partial charge in [0, 0.05) is 23.2 Å². The first kappa shape index (κ1) is 23.2. The highest BCUT2D eigenvalue weighted by Gasteiger charge is 2.32. The van der Waals surface area contributed by atoms with Crippen molar-refractivity contribution < 1.29 is 27.2 Å². The van der Waals surface area contributed by atoms with E-state index in [9.17, 15) is 13.2 Å². The van der Waals surface area contributed by atoms with Gasteiger partial charge >= 0.3 is 0 Å². The molecule has 1 saturated carbocycles. The molecule has 2 heterocycles. The second kappa shape index (κ2) is 9.21. The Morgan fingerprint density at radius 3 is 2.57 bits per heavy atom. The van der Waals surface area contributed by atoms with Crippen molar-refractivity contribution in [2.75, 3.05) is 17.9 Å². The predicted octanol–water partition coefficient (Wildman–Crippen LogP) is 3.65. The highest BCUT2D eigenvalue weighted by Crippen LogP contribution is 2.39. The monoisotopic (exact) mass is 498 g/mol. The highest BCUT2D eigenvalue weighted by molar-refractivity contribution is 7.92. The van der Waals surface area contributed by atoms with E-state index in [4.69, 9.17) is 14.0 Å². The molecule has 35 heavy (non-hydrogen) atoms. The van der Waals surface area contributed by atoms with E-state index >= 15 is 0 Å². The Labute approximate surface area is 203 Å². The maximum Gasteiger partial charge on any atom is 0.262 e. The number of amides is 1. The molecular weight excluding hydrogens is 472 g/mol. The van der Waals surface area contributed by atoms with Crippen LogP contribution in [0.25, 0.3) is 0 Å². The van der Waals surface area contributed by atoms with Crippen molar-refractivity contribution in [2.45, 2.75) is 43.5 Å². The smallest absolute Gasteiger partial charge is 0.262 e. The molecule has 1 amide bonds. The quantitative estimate of drug-likeness (QED) is 0.481. The summed E-state index contributed by atoms with van der Waals surface area (Å²) in [6, 6.07) is 10.2. The number of sulfonamides is 1. The number of aromatic nitrogens is 2. The molecule has 1 aliphatic heterocycles. The van der Waals surface area contributed by atoms with Crippen molar-refractivity contribution in [3.63, 3.8) is 0 Å². The number of carbonyl (C=O) groups is 1. The van der Waals surface area contributed by atoms with Gasteiger partial charge in [-0.1, -0.05) is 25.1 Å². The molecule has 2 aromatic carbocycles. The Bertz CT molecular complexity index is 1350. The van der Waals surface area contributed by atoms with Gasteiger partial charge in [0.15, 0.2) is 17.3 Å². The number of nitrogens with zero attached hydrogens (tertiary/aromatic N) is 2. The minimum absolute atomic E-state index is 0.00310. The lowest BCUT2D eigenvalue weighted by atomic mass is 10.0. The number of rotatable bonds is 8. The van der Waals surface area contributed by atoms with Crippen LogP contribution in [0.15, 0.2) is 51.9 Å². The van der Waals surface area contributed by atoms with Gasteiger partial charge in [-0.15, -0.1) is 0 Å². The summed E-state index contributed by atoms with van der Waals surface area (Å²) in [7, 11) is -3.92. The van der Waals surface area contributed by atoms with E-state index in [1.165, 1.54) is 18.2 Å². The molecule has 2 N–H and O–H groups in total. The normalized spacial score (nSPS) is 16.1. The number of hydrogen-bond donors (Lipinski definition) is 2. The summed E-state index contributed by atoms with van der Waals surface area (Å²) >= 11 is 0. The van der Waals surface area contributed by atoms with Crippen molar-refractivity contribution in [1.29, 1.82) is 0 Å².